The van der Waals surface area contributed by atoms with Crippen molar-refractivity contribution in [3.8, 4) is 0 Å². The Balaban J connectivity index is 2.01. The second kappa shape index (κ2) is 6.26. The highest BCUT2D eigenvalue weighted by Gasteiger charge is 2.26. The molecular formula is C16H23N3O2. The fourth-order valence-electron chi connectivity index (χ4n) is 2.77. The van der Waals surface area contributed by atoms with Crippen LogP contribution in [0, 0.1) is 13.8 Å². The quantitative estimate of drug-likeness (QED) is 0.900. The van der Waals surface area contributed by atoms with Gasteiger partial charge in [-0.05, 0) is 32.9 Å². The maximum Gasteiger partial charge on any atom is 0.253 e. The Kier molecular flexibility index (Phi) is 4.63. The Morgan fingerprint density at radius 1 is 1.05 bits per heavy atom. The van der Waals surface area contributed by atoms with Gasteiger partial charge in [-0.25, -0.2) is 0 Å². The lowest BCUT2D eigenvalue weighted by Crippen LogP contribution is -2.54. The second-order valence-electron chi connectivity index (χ2n) is 5.78. The Labute approximate surface area is 125 Å². The van der Waals surface area contributed by atoms with Crippen molar-refractivity contribution in [1.82, 2.24) is 9.80 Å². The van der Waals surface area contributed by atoms with Crippen LogP contribution in [0.1, 0.15) is 28.4 Å². The summed E-state index contributed by atoms with van der Waals surface area (Å²) in [6.07, 6.45) is 0. The fraction of sp³-hybridized carbons (Fsp3) is 0.500. The number of benzene rings is 1. The van der Waals surface area contributed by atoms with Crippen LogP contribution in [0.2, 0.25) is 0 Å². The molecule has 1 unspecified atom stereocenters. The third-order valence-electron chi connectivity index (χ3n) is 4.03. The van der Waals surface area contributed by atoms with Gasteiger partial charge in [0.25, 0.3) is 5.91 Å². The van der Waals surface area contributed by atoms with Crippen LogP contribution < -0.4 is 5.73 Å². The van der Waals surface area contributed by atoms with Crippen LogP contribution in [-0.4, -0.2) is 53.8 Å². The van der Waals surface area contributed by atoms with E-state index in [4.69, 9.17) is 5.73 Å². The van der Waals surface area contributed by atoms with Crippen molar-refractivity contribution in [2.24, 2.45) is 5.73 Å². The summed E-state index contributed by atoms with van der Waals surface area (Å²) in [5.74, 6) is -0.253. The zero-order valence-corrected chi connectivity index (χ0v) is 12.9. The largest absolute Gasteiger partial charge is 0.368 e. The van der Waals surface area contributed by atoms with E-state index in [1.54, 1.807) is 0 Å². The number of hydrogen-bond acceptors (Lipinski definition) is 3. The van der Waals surface area contributed by atoms with E-state index in [0.29, 0.717) is 26.2 Å². The van der Waals surface area contributed by atoms with Gasteiger partial charge in [0.05, 0.1) is 6.04 Å². The lowest BCUT2D eigenvalue weighted by Gasteiger charge is -2.37. The Bertz CT molecular complexity index is 528. The first-order chi connectivity index (χ1) is 9.88. The number of amides is 2. The number of piperazine rings is 1. The molecular weight excluding hydrogens is 266 g/mol. The van der Waals surface area contributed by atoms with Crippen molar-refractivity contribution < 1.29 is 9.59 Å². The molecule has 5 heteroatoms. The predicted molar refractivity (Wildman–Crippen MR) is 82.0 cm³/mol. The zero-order chi connectivity index (χ0) is 15.6. The first-order valence-corrected chi connectivity index (χ1v) is 7.29. The Morgan fingerprint density at radius 2 is 1.57 bits per heavy atom. The molecule has 2 amide bonds. The van der Waals surface area contributed by atoms with Gasteiger partial charge in [0.15, 0.2) is 0 Å². The average Bonchev–Trinajstić information content (AvgIpc) is 2.44. The fourth-order valence-corrected chi connectivity index (χ4v) is 2.77. The number of nitrogens with zero attached hydrogens (tertiary/aromatic N) is 2. The molecule has 0 saturated carbocycles. The summed E-state index contributed by atoms with van der Waals surface area (Å²) in [6, 6.07) is 5.63. The molecule has 114 valence electrons. The molecule has 0 aliphatic carbocycles. The molecule has 1 saturated heterocycles. The highest BCUT2D eigenvalue weighted by Crippen LogP contribution is 2.14. The van der Waals surface area contributed by atoms with Gasteiger partial charge in [-0.15, -0.1) is 0 Å². The molecule has 1 fully saturated rings. The van der Waals surface area contributed by atoms with E-state index in [0.717, 1.165) is 16.7 Å². The van der Waals surface area contributed by atoms with Crippen LogP contribution in [0.4, 0.5) is 0 Å². The lowest BCUT2D eigenvalue weighted by molar-refractivity contribution is -0.123. The summed E-state index contributed by atoms with van der Waals surface area (Å²) in [7, 11) is 0. The standard InChI is InChI=1S/C16H23N3O2/c1-11-8-12(2)10-14(9-11)16(21)19-6-4-18(5-7-19)13(3)15(17)20/h8-10,13H,4-7H2,1-3H3,(H2,17,20). The summed E-state index contributed by atoms with van der Waals surface area (Å²) >= 11 is 0. The molecule has 0 radical (unpaired) electrons. The third kappa shape index (κ3) is 3.61. The molecule has 1 aromatic carbocycles. The highest BCUT2D eigenvalue weighted by atomic mass is 16.2. The van der Waals surface area contributed by atoms with Crippen LogP contribution >= 0.6 is 0 Å². The van der Waals surface area contributed by atoms with Crippen molar-refractivity contribution in [2.75, 3.05) is 26.2 Å². The number of rotatable bonds is 3. The summed E-state index contributed by atoms with van der Waals surface area (Å²) in [6.45, 7) is 8.42. The third-order valence-corrected chi connectivity index (χ3v) is 4.03. The van der Waals surface area contributed by atoms with E-state index >= 15 is 0 Å². The van der Waals surface area contributed by atoms with Crippen molar-refractivity contribution in [2.45, 2.75) is 26.8 Å². The Hall–Kier alpha value is -1.88. The minimum atomic E-state index is -0.316. The lowest BCUT2D eigenvalue weighted by atomic mass is 10.1. The van der Waals surface area contributed by atoms with E-state index in [-0.39, 0.29) is 17.9 Å². The van der Waals surface area contributed by atoms with Crippen molar-refractivity contribution in [3.63, 3.8) is 0 Å². The van der Waals surface area contributed by atoms with E-state index in [1.807, 2.05) is 42.7 Å². The number of carbonyl (C=O) groups excluding carboxylic acids is 2. The van der Waals surface area contributed by atoms with E-state index < -0.39 is 0 Å². The monoisotopic (exact) mass is 289 g/mol. The summed E-state index contributed by atoms with van der Waals surface area (Å²) in [4.78, 5) is 27.6. The van der Waals surface area contributed by atoms with Gasteiger partial charge in [0.2, 0.25) is 5.91 Å². The number of aryl methyl sites for hydroxylation is 2. The van der Waals surface area contributed by atoms with Gasteiger partial charge < -0.3 is 10.6 Å². The maximum absolute atomic E-state index is 12.5. The minimum absolute atomic E-state index is 0.0631. The van der Waals surface area contributed by atoms with Gasteiger partial charge in [0, 0.05) is 31.7 Å². The van der Waals surface area contributed by atoms with Gasteiger partial charge in [-0.1, -0.05) is 17.2 Å². The summed E-state index contributed by atoms with van der Waals surface area (Å²) in [5.41, 5.74) is 8.26. The van der Waals surface area contributed by atoms with E-state index in [2.05, 4.69) is 6.07 Å². The van der Waals surface area contributed by atoms with Gasteiger partial charge in [0.1, 0.15) is 0 Å². The van der Waals surface area contributed by atoms with Crippen LogP contribution in [0.3, 0.4) is 0 Å². The number of nitrogens with two attached hydrogens (primary N) is 1. The van der Waals surface area contributed by atoms with Crippen molar-refractivity contribution in [1.29, 1.82) is 0 Å². The average molecular weight is 289 g/mol. The number of carbonyl (C=O) groups is 2. The highest BCUT2D eigenvalue weighted by molar-refractivity contribution is 5.94. The zero-order valence-electron chi connectivity index (χ0n) is 12.9. The smallest absolute Gasteiger partial charge is 0.253 e. The normalized spacial score (nSPS) is 17.6. The molecule has 1 aliphatic rings. The minimum Gasteiger partial charge on any atom is -0.368 e. The van der Waals surface area contributed by atoms with Gasteiger partial charge >= 0.3 is 0 Å². The number of primary amides is 1. The molecule has 1 aliphatic heterocycles. The molecule has 2 rings (SSSR count). The summed E-state index contributed by atoms with van der Waals surface area (Å²) < 4.78 is 0. The van der Waals surface area contributed by atoms with Gasteiger partial charge in [-0.2, -0.15) is 0 Å². The van der Waals surface area contributed by atoms with Crippen LogP contribution in [-0.2, 0) is 4.79 Å². The SMILES string of the molecule is Cc1cc(C)cc(C(=O)N2CCN(C(C)C(N)=O)CC2)c1. The summed E-state index contributed by atoms with van der Waals surface area (Å²) in [5, 5.41) is 0. The van der Waals surface area contributed by atoms with E-state index in [9.17, 15) is 9.59 Å². The Morgan fingerprint density at radius 3 is 2.05 bits per heavy atom. The molecule has 1 heterocycles. The topological polar surface area (TPSA) is 66.6 Å². The molecule has 0 spiro atoms. The van der Waals surface area contributed by atoms with Gasteiger partial charge in [-0.3, -0.25) is 14.5 Å². The van der Waals surface area contributed by atoms with Crippen molar-refractivity contribution >= 4 is 11.8 Å². The second-order valence-corrected chi connectivity index (χ2v) is 5.78. The molecule has 21 heavy (non-hydrogen) atoms. The van der Waals surface area contributed by atoms with Crippen LogP contribution in [0.15, 0.2) is 18.2 Å². The molecule has 5 nitrogen and oxygen atoms in total. The van der Waals surface area contributed by atoms with Crippen LogP contribution in [0.5, 0.6) is 0 Å². The molecule has 2 N–H and O–H groups in total. The molecule has 1 atom stereocenters. The molecule has 0 aromatic heterocycles. The maximum atomic E-state index is 12.5. The molecule has 1 aromatic rings. The van der Waals surface area contributed by atoms with E-state index in [1.165, 1.54) is 0 Å². The molecule has 0 bridgehead atoms. The van der Waals surface area contributed by atoms with Crippen LogP contribution in [0.25, 0.3) is 0 Å². The predicted octanol–water partition coefficient (Wildman–Crippen LogP) is 0.935. The first kappa shape index (κ1) is 15.5. The first-order valence-electron chi connectivity index (χ1n) is 7.29. The van der Waals surface area contributed by atoms with Crippen molar-refractivity contribution in [3.05, 3.63) is 34.9 Å². The number of hydrogen-bond donors (Lipinski definition) is 1.